The van der Waals surface area contributed by atoms with Gasteiger partial charge >= 0.3 is 0 Å². The second kappa shape index (κ2) is 9.31. The molecule has 5 heteroatoms. The third-order valence-corrected chi connectivity index (χ3v) is 2.88. The number of guanidine groups is 1. The predicted molar refractivity (Wildman–Crippen MR) is 80.4 cm³/mol. The predicted octanol–water partition coefficient (Wildman–Crippen LogP) is 2.23. The number of rotatable bonds is 7. The molecule has 20 heavy (non-hydrogen) atoms. The van der Waals surface area contributed by atoms with Crippen molar-refractivity contribution in [2.24, 2.45) is 4.99 Å². The summed E-state index contributed by atoms with van der Waals surface area (Å²) >= 11 is 0. The maximum absolute atomic E-state index is 13.4. The molecule has 0 bridgehead atoms. The fourth-order valence-corrected chi connectivity index (χ4v) is 1.68. The molecule has 1 rings (SSSR count). The molecule has 4 nitrogen and oxygen atoms in total. The van der Waals surface area contributed by atoms with E-state index in [0.717, 1.165) is 31.7 Å². The van der Waals surface area contributed by atoms with Crippen LogP contribution in [0, 0.1) is 12.7 Å². The van der Waals surface area contributed by atoms with Gasteiger partial charge in [0.1, 0.15) is 5.82 Å². The Kier molecular flexibility index (Phi) is 7.65. The SMILES string of the molecule is CCOCCCNC(=NC)NCc1ccc(C)c(F)c1. The zero-order chi connectivity index (χ0) is 14.8. The van der Waals surface area contributed by atoms with Crippen LogP contribution in [0.3, 0.4) is 0 Å². The zero-order valence-corrected chi connectivity index (χ0v) is 12.5. The number of nitrogens with one attached hydrogen (secondary N) is 2. The molecule has 0 amide bonds. The molecule has 0 radical (unpaired) electrons. The highest BCUT2D eigenvalue weighted by atomic mass is 19.1. The summed E-state index contributed by atoms with van der Waals surface area (Å²) in [7, 11) is 1.72. The first-order valence-electron chi connectivity index (χ1n) is 6.94. The molecule has 1 aromatic carbocycles. The molecular weight excluding hydrogens is 257 g/mol. The average Bonchev–Trinajstić information content (AvgIpc) is 2.45. The summed E-state index contributed by atoms with van der Waals surface area (Å²) in [6.45, 7) is 6.56. The Bertz CT molecular complexity index is 435. The Morgan fingerprint density at radius 3 is 2.80 bits per heavy atom. The standard InChI is InChI=1S/C15H24FN3O/c1-4-20-9-5-8-18-15(17-3)19-11-13-7-6-12(2)14(16)10-13/h6-7,10H,4-5,8-9,11H2,1-3H3,(H2,17,18,19). The number of aliphatic imine (C=N–C) groups is 1. The van der Waals surface area contributed by atoms with Crippen LogP contribution >= 0.6 is 0 Å². The van der Waals surface area contributed by atoms with E-state index in [2.05, 4.69) is 15.6 Å². The lowest BCUT2D eigenvalue weighted by molar-refractivity contribution is 0.145. The van der Waals surface area contributed by atoms with Crippen molar-refractivity contribution >= 4 is 5.96 Å². The lowest BCUT2D eigenvalue weighted by Crippen LogP contribution is -2.37. The number of nitrogens with zero attached hydrogens (tertiary/aromatic N) is 1. The lowest BCUT2D eigenvalue weighted by atomic mass is 10.1. The van der Waals surface area contributed by atoms with Gasteiger partial charge in [-0.15, -0.1) is 0 Å². The summed E-state index contributed by atoms with van der Waals surface area (Å²) in [6.07, 6.45) is 0.924. The van der Waals surface area contributed by atoms with Crippen LogP contribution in [0.2, 0.25) is 0 Å². The Morgan fingerprint density at radius 2 is 2.15 bits per heavy atom. The number of hydrogen-bond donors (Lipinski definition) is 2. The van der Waals surface area contributed by atoms with Crippen molar-refractivity contribution in [1.29, 1.82) is 0 Å². The minimum atomic E-state index is -0.177. The smallest absolute Gasteiger partial charge is 0.191 e. The summed E-state index contributed by atoms with van der Waals surface area (Å²) < 4.78 is 18.7. The molecular formula is C15H24FN3O. The first kappa shape index (κ1) is 16.4. The van der Waals surface area contributed by atoms with Crippen LogP contribution in [-0.2, 0) is 11.3 Å². The molecule has 1 aromatic rings. The van der Waals surface area contributed by atoms with Crippen LogP contribution in [-0.4, -0.2) is 32.8 Å². The van der Waals surface area contributed by atoms with Gasteiger partial charge in [0.15, 0.2) is 5.96 Å². The van der Waals surface area contributed by atoms with Crippen LogP contribution < -0.4 is 10.6 Å². The molecule has 0 saturated heterocycles. The van der Waals surface area contributed by atoms with Crippen molar-refractivity contribution in [3.05, 3.63) is 35.1 Å². The maximum atomic E-state index is 13.4. The first-order valence-corrected chi connectivity index (χ1v) is 6.94. The van der Waals surface area contributed by atoms with Crippen LogP contribution in [0.1, 0.15) is 24.5 Å². The normalized spacial score (nSPS) is 11.5. The molecule has 0 aliphatic heterocycles. The third kappa shape index (κ3) is 6.02. The summed E-state index contributed by atoms with van der Waals surface area (Å²) in [6, 6.07) is 5.24. The topological polar surface area (TPSA) is 45.6 Å². The number of hydrogen-bond acceptors (Lipinski definition) is 2. The van der Waals surface area contributed by atoms with Gasteiger partial charge in [-0.1, -0.05) is 12.1 Å². The van der Waals surface area contributed by atoms with E-state index < -0.39 is 0 Å². The number of halogens is 1. The fraction of sp³-hybridized carbons (Fsp3) is 0.533. The van der Waals surface area contributed by atoms with E-state index in [1.807, 2.05) is 13.0 Å². The molecule has 0 aliphatic rings. The molecule has 2 N–H and O–H groups in total. The average molecular weight is 281 g/mol. The van der Waals surface area contributed by atoms with E-state index in [0.29, 0.717) is 18.1 Å². The minimum Gasteiger partial charge on any atom is -0.382 e. The van der Waals surface area contributed by atoms with E-state index >= 15 is 0 Å². The summed E-state index contributed by atoms with van der Waals surface area (Å²) in [5.41, 5.74) is 1.55. The summed E-state index contributed by atoms with van der Waals surface area (Å²) in [4.78, 5) is 4.12. The van der Waals surface area contributed by atoms with Crippen molar-refractivity contribution < 1.29 is 9.13 Å². The van der Waals surface area contributed by atoms with Crippen molar-refractivity contribution in [1.82, 2.24) is 10.6 Å². The Balaban J connectivity index is 2.32. The highest BCUT2D eigenvalue weighted by Gasteiger charge is 2.01. The van der Waals surface area contributed by atoms with E-state index in [1.165, 1.54) is 0 Å². The first-order chi connectivity index (χ1) is 9.67. The molecule has 0 heterocycles. The van der Waals surface area contributed by atoms with E-state index in [1.54, 1.807) is 26.1 Å². The van der Waals surface area contributed by atoms with E-state index in [4.69, 9.17) is 4.74 Å². The molecule has 0 fully saturated rings. The van der Waals surface area contributed by atoms with Gasteiger partial charge in [0.25, 0.3) is 0 Å². The molecule has 0 aromatic heterocycles. The van der Waals surface area contributed by atoms with Crippen molar-refractivity contribution in [2.45, 2.75) is 26.8 Å². The largest absolute Gasteiger partial charge is 0.382 e. The molecule has 0 aliphatic carbocycles. The maximum Gasteiger partial charge on any atom is 0.191 e. The second-order valence-corrected chi connectivity index (χ2v) is 4.49. The monoisotopic (exact) mass is 281 g/mol. The Morgan fingerprint density at radius 1 is 1.35 bits per heavy atom. The summed E-state index contributed by atoms with van der Waals surface area (Å²) in [5.74, 6) is 0.534. The van der Waals surface area contributed by atoms with E-state index in [9.17, 15) is 4.39 Å². The Hall–Kier alpha value is -1.62. The van der Waals surface area contributed by atoms with Crippen LogP contribution in [0.5, 0.6) is 0 Å². The molecule has 0 unspecified atom stereocenters. The number of aryl methyl sites for hydroxylation is 1. The van der Waals surface area contributed by atoms with Gasteiger partial charge in [0, 0.05) is 33.4 Å². The van der Waals surface area contributed by atoms with Crippen molar-refractivity contribution in [3.63, 3.8) is 0 Å². The minimum absolute atomic E-state index is 0.177. The Labute approximate surface area is 120 Å². The fourth-order valence-electron chi connectivity index (χ4n) is 1.68. The van der Waals surface area contributed by atoms with Gasteiger partial charge < -0.3 is 15.4 Å². The second-order valence-electron chi connectivity index (χ2n) is 4.49. The lowest BCUT2D eigenvalue weighted by Gasteiger charge is -2.12. The summed E-state index contributed by atoms with van der Waals surface area (Å²) in [5, 5.41) is 6.34. The zero-order valence-electron chi connectivity index (χ0n) is 12.5. The molecule has 0 spiro atoms. The van der Waals surface area contributed by atoms with Gasteiger partial charge in [-0.25, -0.2) is 4.39 Å². The van der Waals surface area contributed by atoms with Gasteiger partial charge in [0.05, 0.1) is 0 Å². The van der Waals surface area contributed by atoms with Gasteiger partial charge in [0.2, 0.25) is 0 Å². The highest BCUT2D eigenvalue weighted by molar-refractivity contribution is 5.79. The third-order valence-electron chi connectivity index (χ3n) is 2.88. The van der Waals surface area contributed by atoms with Gasteiger partial charge in [-0.3, -0.25) is 4.99 Å². The van der Waals surface area contributed by atoms with Crippen molar-refractivity contribution in [3.8, 4) is 0 Å². The number of ether oxygens (including phenoxy) is 1. The van der Waals surface area contributed by atoms with Gasteiger partial charge in [-0.2, -0.15) is 0 Å². The van der Waals surface area contributed by atoms with Gasteiger partial charge in [-0.05, 0) is 37.5 Å². The van der Waals surface area contributed by atoms with Crippen LogP contribution in [0.25, 0.3) is 0 Å². The quantitative estimate of drug-likeness (QED) is 0.458. The number of benzene rings is 1. The highest BCUT2D eigenvalue weighted by Crippen LogP contribution is 2.08. The van der Waals surface area contributed by atoms with Crippen LogP contribution in [0.4, 0.5) is 4.39 Å². The van der Waals surface area contributed by atoms with Crippen molar-refractivity contribution in [2.75, 3.05) is 26.8 Å². The molecule has 0 atom stereocenters. The van der Waals surface area contributed by atoms with E-state index in [-0.39, 0.29) is 5.82 Å². The molecule has 0 saturated carbocycles. The molecule has 112 valence electrons. The van der Waals surface area contributed by atoms with Crippen LogP contribution in [0.15, 0.2) is 23.2 Å².